The fraction of sp³-hybridized carbons (Fsp3) is 0.500. The number of fused-ring (bicyclic) bond motifs is 1. The van der Waals surface area contributed by atoms with Gasteiger partial charge in [0.1, 0.15) is 0 Å². The molecule has 0 aromatic heterocycles. The van der Waals surface area contributed by atoms with Crippen molar-refractivity contribution >= 4 is 47.4 Å². The molecule has 132 valence electrons. The van der Waals surface area contributed by atoms with Crippen LogP contribution in [0.25, 0.3) is 0 Å². The Labute approximate surface area is 151 Å². The molecule has 0 radical (unpaired) electrons. The van der Waals surface area contributed by atoms with Gasteiger partial charge in [-0.1, -0.05) is 0 Å². The Morgan fingerprint density at radius 2 is 2.12 bits per heavy atom. The van der Waals surface area contributed by atoms with Gasteiger partial charge in [0, 0.05) is 17.7 Å². The summed E-state index contributed by atoms with van der Waals surface area (Å²) in [6, 6.07) is 5.63. The van der Waals surface area contributed by atoms with Gasteiger partial charge in [-0.25, -0.2) is 0 Å². The van der Waals surface area contributed by atoms with Crippen LogP contribution in [-0.2, 0) is 14.3 Å². The predicted octanol–water partition coefficient (Wildman–Crippen LogP) is 2.11. The van der Waals surface area contributed by atoms with Crippen LogP contribution in [0.5, 0.6) is 0 Å². The van der Waals surface area contributed by atoms with E-state index in [4.69, 9.17) is 4.74 Å². The Kier molecular flexibility index (Phi) is 6.51. The molecule has 0 aliphatic carbocycles. The first-order valence-electron chi connectivity index (χ1n) is 7.71. The van der Waals surface area contributed by atoms with E-state index >= 15 is 0 Å². The Hall–Kier alpha value is -1.28. The summed E-state index contributed by atoms with van der Waals surface area (Å²) in [4.78, 5) is 25.3. The highest BCUT2D eigenvalue weighted by Gasteiger charge is 2.39. The average molecular weight is 372 g/mol. The van der Waals surface area contributed by atoms with Gasteiger partial charge in [-0.05, 0) is 44.1 Å². The number of methoxy groups -OCH3 is 1. The lowest BCUT2D eigenvalue weighted by molar-refractivity contribution is -0.130. The van der Waals surface area contributed by atoms with Crippen LogP contribution in [0, 0.1) is 5.41 Å². The summed E-state index contributed by atoms with van der Waals surface area (Å²) >= 11 is 1.51. The van der Waals surface area contributed by atoms with E-state index in [0.717, 1.165) is 36.5 Å². The SMILES string of the molecule is COCC1(C(=O)Nc2ccc3c(c2)NC(=O)CS3)CCNCC1.Cl. The number of halogens is 1. The minimum absolute atomic E-state index is 0. The van der Waals surface area contributed by atoms with Crippen LogP contribution >= 0.6 is 24.2 Å². The van der Waals surface area contributed by atoms with Gasteiger partial charge in [-0.3, -0.25) is 9.59 Å². The monoisotopic (exact) mass is 371 g/mol. The number of benzene rings is 1. The van der Waals surface area contributed by atoms with E-state index in [0.29, 0.717) is 18.0 Å². The number of hydrogen-bond donors (Lipinski definition) is 3. The molecule has 3 rings (SSSR count). The molecule has 0 unspecified atom stereocenters. The molecule has 2 heterocycles. The van der Waals surface area contributed by atoms with Gasteiger partial charge in [0.2, 0.25) is 11.8 Å². The third-order valence-electron chi connectivity index (χ3n) is 4.33. The highest BCUT2D eigenvalue weighted by Crippen LogP contribution is 2.35. The number of anilines is 2. The van der Waals surface area contributed by atoms with Gasteiger partial charge in [0.15, 0.2) is 0 Å². The van der Waals surface area contributed by atoms with E-state index in [1.165, 1.54) is 11.8 Å². The molecule has 2 aliphatic heterocycles. The lowest BCUT2D eigenvalue weighted by atomic mass is 9.78. The molecule has 0 atom stereocenters. The summed E-state index contributed by atoms with van der Waals surface area (Å²) in [6.45, 7) is 2.04. The molecule has 1 fully saturated rings. The number of nitrogens with one attached hydrogen (secondary N) is 3. The van der Waals surface area contributed by atoms with Crippen molar-refractivity contribution in [1.82, 2.24) is 5.32 Å². The third-order valence-corrected chi connectivity index (χ3v) is 5.41. The van der Waals surface area contributed by atoms with Gasteiger partial charge < -0.3 is 20.7 Å². The number of amides is 2. The lowest BCUT2D eigenvalue weighted by Crippen LogP contribution is -2.47. The fourth-order valence-corrected chi connectivity index (χ4v) is 3.83. The number of carbonyl (C=O) groups is 2. The smallest absolute Gasteiger partial charge is 0.234 e. The first-order valence-corrected chi connectivity index (χ1v) is 8.69. The van der Waals surface area contributed by atoms with Crippen LogP contribution in [0.15, 0.2) is 23.1 Å². The van der Waals surface area contributed by atoms with Crippen LogP contribution in [0.4, 0.5) is 11.4 Å². The second-order valence-corrected chi connectivity index (χ2v) is 6.98. The zero-order chi connectivity index (χ0) is 16.3. The largest absolute Gasteiger partial charge is 0.384 e. The molecule has 2 aliphatic rings. The molecule has 2 amide bonds. The summed E-state index contributed by atoms with van der Waals surface area (Å²) in [5, 5.41) is 9.11. The maximum Gasteiger partial charge on any atom is 0.234 e. The first kappa shape index (κ1) is 19.1. The van der Waals surface area contributed by atoms with Crippen molar-refractivity contribution in [3.8, 4) is 0 Å². The molecule has 1 saturated heterocycles. The normalized spacial score (nSPS) is 18.8. The number of carbonyl (C=O) groups excluding carboxylic acids is 2. The van der Waals surface area contributed by atoms with Gasteiger partial charge in [0.05, 0.1) is 23.5 Å². The molecule has 8 heteroatoms. The van der Waals surface area contributed by atoms with Crippen molar-refractivity contribution in [2.45, 2.75) is 17.7 Å². The summed E-state index contributed by atoms with van der Waals surface area (Å²) in [5.41, 5.74) is 0.967. The van der Waals surface area contributed by atoms with Crippen molar-refractivity contribution in [2.75, 3.05) is 43.2 Å². The average Bonchev–Trinajstić information content (AvgIpc) is 2.55. The van der Waals surface area contributed by atoms with Gasteiger partial charge in [-0.15, -0.1) is 24.2 Å². The predicted molar refractivity (Wildman–Crippen MR) is 98.1 cm³/mol. The van der Waals surface area contributed by atoms with Crippen molar-refractivity contribution in [3.63, 3.8) is 0 Å². The zero-order valence-corrected chi connectivity index (χ0v) is 15.1. The van der Waals surface area contributed by atoms with Crippen LogP contribution in [-0.4, -0.2) is 44.4 Å². The quantitative estimate of drug-likeness (QED) is 0.755. The molecular formula is C16H22ClN3O3S. The van der Waals surface area contributed by atoms with Crippen LogP contribution in [0.2, 0.25) is 0 Å². The molecular weight excluding hydrogens is 350 g/mol. The molecule has 24 heavy (non-hydrogen) atoms. The van der Waals surface area contributed by atoms with E-state index in [1.807, 2.05) is 18.2 Å². The Bertz CT molecular complexity index is 615. The Balaban J connectivity index is 0.00000208. The maximum absolute atomic E-state index is 12.8. The first-order chi connectivity index (χ1) is 11.1. The van der Waals surface area contributed by atoms with Gasteiger partial charge in [0.25, 0.3) is 0 Å². The lowest BCUT2D eigenvalue weighted by Gasteiger charge is -2.35. The molecule has 0 saturated carbocycles. The van der Waals surface area contributed by atoms with E-state index in [1.54, 1.807) is 7.11 Å². The molecule has 6 nitrogen and oxygen atoms in total. The summed E-state index contributed by atoms with van der Waals surface area (Å²) in [7, 11) is 1.63. The van der Waals surface area contributed by atoms with Crippen LogP contribution in [0.1, 0.15) is 12.8 Å². The highest BCUT2D eigenvalue weighted by atomic mass is 35.5. The van der Waals surface area contributed by atoms with Crippen LogP contribution in [0.3, 0.4) is 0 Å². The summed E-state index contributed by atoms with van der Waals surface area (Å²) < 4.78 is 5.30. The molecule has 1 aromatic carbocycles. The zero-order valence-electron chi connectivity index (χ0n) is 13.5. The standard InChI is InChI=1S/C16H21N3O3S.ClH/c1-22-10-16(4-6-17-7-5-16)15(21)18-11-2-3-13-12(8-11)19-14(20)9-23-13;/h2-3,8,17H,4-7,9-10H2,1H3,(H,18,21)(H,19,20);1H. The third kappa shape index (κ3) is 4.03. The molecule has 3 N–H and O–H groups in total. The number of thioether (sulfide) groups is 1. The molecule has 0 spiro atoms. The van der Waals surface area contributed by atoms with Crippen molar-refractivity contribution < 1.29 is 14.3 Å². The number of rotatable bonds is 4. The summed E-state index contributed by atoms with van der Waals surface area (Å²) in [6.07, 6.45) is 1.51. The number of hydrogen-bond acceptors (Lipinski definition) is 5. The Morgan fingerprint density at radius 3 is 2.83 bits per heavy atom. The van der Waals surface area contributed by atoms with E-state index in [9.17, 15) is 9.59 Å². The van der Waals surface area contributed by atoms with Crippen molar-refractivity contribution in [3.05, 3.63) is 18.2 Å². The highest BCUT2D eigenvalue weighted by molar-refractivity contribution is 8.00. The molecule has 0 bridgehead atoms. The number of piperidine rings is 1. The van der Waals surface area contributed by atoms with Crippen LogP contribution < -0.4 is 16.0 Å². The second-order valence-electron chi connectivity index (χ2n) is 5.97. The van der Waals surface area contributed by atoms with E-state index in [2.05, 4.69) is 16.0 Å². The van der Waals surface area contributed by atoms with E-state index in [-0.39, 0.29) is 24.2 Å². The molecule has 1 aromatic rings. The summed E-state index contributed by atoms with van der Waals surface area (Å²) in [5.74, 6) is 0.401. The Morgan fingerprint density at radius 1 is 1.38 bits per heavy atom. The van der Waals surface area contributed by atoms with Gasteiger partial charge >= 0.3 is 0 Å². The minimum Gasteiger partial charge on any atom is -0.384 e. The topological polar surface area (TPSA) is 79.5 Å². The number of ether oxygens (including phenoxy) is 1. The fourth-order valence-electron chi connectivity index (χ4n) is 3.04. The minimum atomic E-state index is -0.492. The maximum atomic E-state index is 12.8. The van der Waals surface area contributed by atoms with E-state index < -0.39 is 5.41 Å². The van der Waals surface area contributed by atoms with Crippen molar-refractivity contribution in [2.24, 2.45) is 5.41 Å². The van der Waals surface area contributed by atoms with Crippen molar-refractivity contribution in [1.29, 1.82) is 0 Å². The van der Waals surface area contributed by atoms with Gasteiger partial charge in [-0.2, -0.15) is 0 Å². The second kappa shape index (κ2) is 8.20.